The van der Waals surface area contributed by atoms with Gasteiger partial charge >= 0.3 is 0 Å². The van der Waals surface area contributed by atoms with E-state index in [1.54, 1.807) is 46.5 Å². The largest absolute Gasteiger partial charge is 0.453 e. The average molecular weight is 537 g/mol. The van der Waals surface area contributed by atoms with Crippen molar-refractivity contribution >= 4 is 33.1 Å². The summed E-state index contributed by atoms with van der Waals surface area (Å²) in [5.41, 5.74) is 4.33. The highest BCUT2D eigenvalue weighted by atomic mass is 32.1. The van der Waals surface area contributed by atoms with E-state index in [9.17, 15) is 4.79 Å². The quantitative estimate of drug-likeness (QED) is 0.269. The molecule has 6 aromatic rings. The molecule has 4 aromatic heterocycles. The minimum Gasteiger partial charge on any atom is -0.453 e. The zero-order chi connectivity index (χ0) is 26.5. The van der Waals surface area contributed by atoms with Crippen molar-refractivity contribution in [1.82, 2.24) is 24.3 Å². The van der Waals surface area contributed by atoms with Crippen molar-refractivity contribution in [3.8, 4) is 27.8 Å². The zero-order valence-electron chi connectivity index (χ0n) is 20.8. The number of carbonyl (C=O) groups is 1. The maximum atomic E-state index is 15.3. The fourth-order valence-corrected chi connectivity index (χ4v) is 5.84. The van der Waals surface area contributed by atoms with Crippen LogP contribution >= 0.6 is 11.3 Å². The molecule has 5 heterocycles. The van der Waals surface area contributed by atoms with Gasteiger partial charge in [-0.2, -0.15) is 5.10 Å². The predicted molar refractivity (Wildman–Crippen MR) is 147 cm³/mol. The smallest absolute Gasteiger partial charge is 0.261 e. The Morgan fingerprint density at radius 1 is 1.00 bits per heavy atom. The molecule has 192 valence electrons. The monoisotopic (exact) mass is 536 g/mol. The van der Waals surface area contributed by atoms with Gasteiger partial charge in [0.25, 0.3) is 5.91 Å². The van der Waals surface area contributed by atoms with Gasteiger partial charge in [-0.05, 0) is 30.3 Å². The second-order valence-corrected chi connectivity index (χ2v) is 10.3. The van der Waals surface area contributed by atoms with Crippen LogP contribution in [-0.2, 0) is 13.5 Å². The second kappa shape index (κ2) is 9.17. The van der Waals surface area contributed by atoms with Crippen molar-refractivity contribution < 1.29 is 13.9 Å². The number of halogens is 1. The van der Waals surface area contributed by atoms with E-state index in [0.29, 0.717) is 30.0 Å². The SMILES string of the molecule is Cn1cnc(-c2cc3nccc(Oc4ccc(N5CCc6c(cnn6-c6ccccc6)C5=O)cc4F)c3s2)c1. The number of fused-ring (bicyclic) bond motifs is 2. The minimum atomic E-state index is -0.558. The molecular weight excluding hydrogens is 515 g/mol. The van der Waals surface area contributed by atoms with Crippen molar-refractivity contribution in [3.63, 3.8) is 0 Å². The first-order valence-electron chi connectivity index (χ1n) is 12.3. The second-order valence-electron chi connectivity index (χ2n) is 9.23. The number of hydrogen-bond donors (Lipinski definition) is 0. The fraction of sp³-hybridized carbons (Fsp3) is 0.103. The van der Waals surface area contributed by atoms with Crippen LogP contribution in [0.2, 0.25) is 0 Å². The van der Waals surface area contributed by atoms with Gasteiger partial charge in [0.2, 0.25) is 0 Å². The highest BCUT2D eigenvalue weighted by Crippen LogP contribution is 2.39. The lowest BCUT2D eigenvalue weighted by atomic mass is 10.1. The molecule has 1 amide bonds. The Hall–Kier alpha value is -4.83. The standard InChI is InChI=1S/C29H21FN6O2S/c1-34-16-23(32-17-34)27-14-22-28(39-27)26(9-11-31-22)38-25-8-7-19(13-21(25)30)35-12-10-24-20(29(35)37)15-33-36(24)18-5-3-2-4-6-18/h2-9,11,13-17H,10,12H2,1H3. The van der Waals surface area contributed by atoms with Gasteiger partial charge in [-0.1, -0.05) is 18.2 Å². The third-order valence-electron chi connectivity index (χ3n) is 6.70. The minimum absolute atomic E-state index is 0.0704. The third kappa shape index (κ3) is 4.05. The molecule has 39 heavy (non-hydrogen) atoms. The number of nitrogens with zero attached hydrogens (tertiary/aromatic N) is 6. The van der Waals surface area contributed by atoms with Gasteiger partial charge in [-0.3, -0.25) is 9.78 Å². The lowest BCUT2D eigenvalue weighted by Crippen LogP contribution is -2.37. The maximum absolute atomic E-state index is 15.3. The molecular formula is C29H21FN6O2S. The summed E-state index contributed by atoms with van der Waals surface area (Å²) in [5.74, 6) is -0.188. The predicted octanol–water partition coefficient (Wildman–Crippen LogP) is 6.02. The van der Waals surface area contributed by atoms with Crippen LogP contribution in [0.5, 0.6) is 11.5 Å². The van der Waals surface area contributed by atoms with Crippen molar-refractivity contribution in [2.45, 2.75) is 6.42 Å². The van der Waals surface area contributed by atoms with Gasteiger partial charge in [-0.15, -0.1) is 11.3 Å². The molecule has 1 aliphatic rings. The highest BCUT2D eigenvalue weighted by molar-refractivity contribution is 7.22. The fourth-order valence-electron chi connectivity index (χ4n) is 4.82. The van der Waals surface area contributed by atoms with E-state index in [-0.39, 0.29) is 11.7 Å². The summed E-state index contributed by atoms with van der Waals surface area (Å²) in [7, 11) is 1.91. The number of pyridine rings is 1. The third-order valence-corrected chi connectivity index (χ3v) is 7.86. The molecule has 0 atom stereocenters. The van der Waals surface area contributed by atoms with Gasteiger partial charge in [0.15, 0.2) is 11.6 Å². The number of hydrogen-bond acceptors (Lipinski definition) is 6. The number of anilines is 1. The van der Waals surface area contributed by atoms with Gasteiger partial charge < -0.3 is 14.2 Å². The Bertz CT molecular complexity index is 1860. The van der Waals surface area contributed by atoms with Crippen LogP contribution in [0, 0.1) is 5.82 Å². The van der Waals surface area contributed by atoms with Crippen molar-refractivity contribution in [1.29, 1.82) is 0 Å². The van der Waals surface area contributed by atoms with Crippen molar-refractivity contribution in [3.05, 3.63) is 103 Å². The lowest BCUT2D eigenvalue weighted by molar-refractivity contribution is 0.0980. The number of aryl methyl sites for hydroxylation is 1. The van der Waals surface area contributed by atoms with E-state index in [1.165, 1.54) is 17.4 Å². The van der Waals surface area contributed by atoms with E-state index in [4.69, 9.17) is 4.74 Å². The highest BCUT2D eigenvalue weighted by Gasteiger charge is 2.30. The Labute approximate surface area is 226 Å². The summed E-state index contributed by atoms with van der Waals surface area (Å²) < 4.78 is 25.8. The molecule has 0 N–H and O–H groups in total. The number of amides is 1. The summed E-state index contributed by atoms with van der Waals surface area (Å²) in [5, 5.41) is 4.44. The van der Waals surface area contributed by atoms with Gasteiger partial charge in [0.05, 0.1) is 50.3 Å². The number of thiophene rings is 1. The average Bonchev–Trinajstić information content (AvgIpc) is 3.69. The van der Waals surface area contributed by atoms with E-state index < -0.39 is 5.82 Å². The topological polar surface area (TPSA) is 78.1 Å². The van der Waals surface area contributed by atoms with Crippen LogP contribution < -0.4 is 9.64 Å². The number of carbonyl (C=O) groups excluding carboxylic acids is 1. The molecule has 0 aliphatic carbocycles. The van der Waals surface area contributed by atoms with Crippen LogP contribution in [0.1, 0.15) is 16.1 Å². The number of para-hydroxylation sites is 1. The maximum Gasteiger partial charge on any atom is 0.261 e. The summed E-state index contributed by atoms with van der Waals surface area (Å²) >= 11 is 1.49. The van der Waals surface area contributed by atoms with Gasteiger partial charge in [-0.25, -0.2) is 14.1 Å². The van der Waals surface area contributed by atoms with Crippen LogP contribution in [0.3, 0.4) is 0 Å². The number of rotatable bonds is 5. The Kier molecular flexibility index (Phi) is 5.48. The van der Waals surface area contributed by atoms with Crippen LogP contribution in [0.25, 0.3) is 26.5 Å². The molecule has 0 spiro atoms. The number of benzene rings is 2. The Morgan fingerprint density at radius 2 is 1.87 bits per heavy atom. The van der Waals surface area contributed by atoms with Crippen molar-refractivity contribution in [2.24, 2.45) is 7.05 Å². The van der Waals surface area contributed by atoms with Gasteiger partial charge in [0, 0.05) is 50.2 Å². The van der Waals surface area contributed by atoms with E-state index >= 15 is 4.39 Å². The molecule has 8 nitrogen and oxygen atoms in total. The first-order valence-corrected chi connectivity index (χ1v) is 13.2. The van der Waals surface area contributed by atoms with Crippen molar-refractivity contribution in [2.75, 3.05) is 11.4 Å². The van der Waals surface area contributed by atoms with E-state index in [1.807, 2.05) is 54.2 Å². The summed E-state index contributed by atoms with van der Waals surface area (Å²) in [4.78, 5) is 24.7. The molecule has 1 aliphatic heterocycles. The first-order chi connectivity index (χ1) is 19.0. The molecule has 7 rings (SSSR count). The van der Waals surface area contributed by atoms with Crippen LogP contribution in [-0.4, -0.2) is 36.8 Å². The van der Waals surface area contributed by atoms with Crippen LogP contribution in [0.15, 0.2) is 85.6 Å². The molecule has 10 heteroatoms. The molecule has 0 bridgehead atoms. The molecule has 0 saturated heterocycles. The van der Waals surface area contributed by atoms with E-state index in [2.05, 4.69) is 15.1 Å². The summed E-state index contributed by atoms with van der Waals surface area (Å²) in [6.45, 7) is 0.417. The normalized spacial score (nSPS) is 13.2. The van der Waals surface area contributed by atoms with Gasteiger partial charge in [0.1, 0.15) is 5.75 Å². The Balaban J connectivity index is 1.15. The van der Waals surface area contributed by atoms with Crippen LogP contribution in [0.4, 0.5) is 10.1 Å². The molecule has 0 radical (unpaired) electrons. The van der Waals surface area contributed by atoms with E-state index in [0.717, 1.165) is 32.2 Å². The Morgan fingerprint density at radius 3 is 2.67 bits per heavy atom. The molecule has 0 saturated carbocycles. The zero-order valence-corrected chi connectivity index (χ0v) is 21.6. The summed E-state index contributed by atoms with van der Waals surface area (Å²) in [6, 6.07) is 18.0. The molecule has 0 fully saturated rings. The number of ether oxygens (including phenoxy) is 1. The first kappa shape index (κ1) is 23.3. The molecule has 2 aromatic carbocycles. The number of imidazole rings is 1. The molecule has 0 unspecified atom stereocenters. The number of aromatic nitrogens is 5. The summed E-state index contributed by atoms with van der Waals surface area (Å²) in [6.07, 6.45) is 7.49. The lowest BCUT2D eigenvalue weighted by Gasteiger charge is -2.27.